The van der Waals surface area contributed by atoms with Gasteiger partial charge in [-0.2, -0.15) is 0 Å². The number of benzene rings is 2. The Kier molecular flexibility index (Phi) is 7.49. The summed E-state index contributed by atoms with van der Waals surface area (Å²) in [6, 6.07) is 11.0. The largest absolute Gasteiger partial charge is 0.497 e. The Morgan fingerprint density at radius 3 is 2.73 bits per heavy atom. The quantitative estimate of drug-likeness (QED) is 0.400. The number of hydrogen-bond acceptors (Lipinski definition) is 6. The Morgan fingerprint density at radius 1 is 1.18 bits per heavy atom. The number of ether oxygens (including phenoxy) is 3. The molecule has 3 aromatic rings. The summed E-state index contributed by atoms with van der Waals surface area (Å²) >= 11 is 3.63. The summed E-state index contributed by atoms with van der Waals surface area (Å²) < 4.78 is 33.6. The molecule has 1 aliphatic rings. The minimum absolute atomic E-state index is 0.0733. The molecule has 4 rings (SSSR count). The van der Waals surface area contributed by atoms with E-state index in [1.165, 1.54) is 13.2 Å². The van der Waals surface area contributed by atoms with Gasteiger partial charge in [-0.15, -0.1) is 10.2 Å². The molecule has 0 amide bonds. The van der Waals surface area contributed by atoms with Crippen molar-refractivity contribution >= 4 is 21.9 Å². The van der Waals surface area contributed by atoms with E-state index in [9.17, 15) is 4.39 Å². The first-order valence-corrected chi connectivity index (χ1v) is 11.7. The Bertz CT molecular complexity index is 1100. The normalized spacial score (nSPS) is 15.6. The zero-order valence-electron chi connectivity index (χ0n) is 19.1. The maximum absolute atomic E-state index is 14.2. The fourth-order valence-corrected chi connectivity index (χ4v) is 4.43. The van der Waals surface area contributed by atoms with E-state index in [1.54, 1.807) is 13.2 Å². The summed E-state index contributed by atoms with van der Waals surface area (Å²) in [6.07, 6.45) is 2.47. The first-order chi connectivity index (χ1) is 16.0. The summed E-state index contributed by atoms with van der Waals surface area (Å²) in [5.41, 5.74) is 1.95. The molecule has 176 valence electrons. The Balaban J connectivity index is 1.59. The summed E-state index contributed by atoms with van der Waals surface area (Å²) in [6.45, 7) is 1.94. The lowest BCUT2D eigenvalue weighted by molar-refractivity contribution is 0.102. The van der Waals surface area contributed by atoms with Crippen molar-refractivity contribution in [1.29, 1.82) is 0 Å². The lowest BCUT2D eigenvalue weighted by atomic mass is 10.1. The van der Waals surface area contributed by atoms with E-state index in [0.717, 1.165) is 52.6 Å². The van der Waals surface area contributed by atoms with Crippen molar-refractivity contribution in [2.24, 2.45) is 0 Å². The van der Waals surface area contributed by atoms with Crippen LogP contribution in [0.3, 0.4) is 0 Å². The maximum Gasteiger partial charge on any atom is 0.227 e. The van der Waals surface area contributed by atoms with Crippen molar-refractivity contribution in [2.45, 2.75) is 38.5 Å². The van der Waals surface area contributed by atoms with E-state index in [-0.39, 0.29) is 17.7 Å². The van der Waals surface area contributed by atoms with Crippen LogP contribution in [0.5, 0.6) is 11.5 Å². The molecule has 0 bridgehead atoms. The molecule has 1 fully saturated rings. The summed E-state index contributed by atoms with van der Waals surface area (Å²) in [5.74, 6) is 2.23. The van der Waals surface area contributed by atoms with Crippen LogP contribution in [0.4, 0.5) is 10.3 Å². The first-order valence-electron chi connectivity index (χ1n) is 10.9. The molecule has 1 atom stereocenters. The second-order valence-electron chi connectivity index (χ2n) is 8.04. The number of halogens is 2. The molecule has 1 aromatic heterocycles. The first kappa shape index (κ1) is 23.5. The molecule has 0 unspecified atom stereocenters. The van der Waals surface area contributed by atoms with Crippen LogP contribution < -0.4 is 14.4 Å². The zero-order chi connectivity index (χ0) is 23.4. The van der Waals surface area contributed by atoms with Crippen molar-refractivity contribution < 1.29 is 18.6 Å². The number of nitrogens with zero attached hydrogens (tertiary/aromatic N) is 4. The van der Waals surface area contributed by atoms with E-state index in [0.29, 0.717) is 19.5 Å². The van der Waals surface area contributed by atoms with Gasteiger partial charge in [-0.3, -0.25) is 4.57 Å². The number of aromatic nitrogens is 3. The van der Waals surface area contributed by atoms with Crippen LogP contribution in [-0.2, 0) is 24.2 Å². The van der Waals surface area contributed by atoms with E-state index in [2.05, 4.69) is 35.6 Å². The highest BCUT2D eigenvalue weighted by atomic mass is 79.9. The van der Waals surface area contributed by atoms with E-state index in [4.69, 9.17) is 14.2 Å². The van der Waals surface area contributed by atoms with Gasteiger partial charge in [-0.1, -0.05) is 22.0 Å². The smallest absolute Gasteiger partial charge is 0.227 e. The Morgan fingerprint density at radius 2 is 2.03 bits per heavy atom. The average Bonchev–Trinajstić information content (AvgIpc) is 3.49. The van der Waals surface area contributed by atoms with Crippen molar-refractivity contribution in [3.63, 3.8) is 0 Å². The Hall–Kier alpha value is -2.65. The fraction of sp³-hybridized carbons (Fsp3) is 0.417. The van der Waals surface area contributed by atoms with Gasteiger partial charge >= 0.3 is 0 Å². The molecular formula is C24H28BrFN4O3. The minimum Gasteiger partial charge on any atom is -0.497 e. The van der Waals surface area contributed by atoms with Gasteiger partial charge in [0.15, 0.2) is 17.4 Å². The second-order valence-corrected chi connectivity index (χ2v) is 8.90. The van der Waals surface area contributed by atoms with Crippen LogP contribution in [0.2, 0.25) is 0 Å². The number of methoxy groups -OCH3 is 2. The van der Waals surface area contributed by atoms with Crippen LogP contribution in [-0.4, -0.2) is 42.6 Å². The fourth-order valence-electron chi connectivity index (χ4n) is 4.05. The summed E-state index contributed by atoms with van der Waals surface area (Å²) in [4.78, 5) is 2.06. The van der Waals surface area contributed by atoms with Gasteiger partial charge in [0.2, 0.25) is 5.95 Å². The molecule has 0 spiro atoms. The molecule has 33 heavy (non-hydrogen) atoms. The highest BCUT2D eigenvalue weighted by molar-refractivity contribution is 9.10. The lowest BCUT2D eigenvalue weighted by Gasteiger charge is -2.22. The predicted octanol–water partition coefficient (Wildman–Crippen LogP) is 4.93. The molecule has 1 aliphatic heterocycles. The number of rotatable bonds is 9. The van der Waals surface area contributed by atoms with Crippen molar-refractivity contribution in [3.05, 3.63) is 63.6 Å². The van der Waals surface area contributed by atoms with Crippen molar-refractivity contribution in [3.8, 4) is 11.5 Å². The highest BCUT2D eigenvalue weighted by Crippen LogP contribution is 2.31. The number of anilines is 1. The average molecular weight is 519 g/mol. The van der Waals surface area contributed by atoms with Gasteiger partial charge < -0.3 is 19.1 Å². The monoisotopic (exact) mass is 518 g/mol. The molecule has 0 saturated carbocycles. The van der Waals surface area contributed by atoms with Gasteiger partial charge in [-0.25, -0.2) is 4.39 Å². The molecular weight excluding hydrogens is 491 g/mol. The molecule has 1 saturated heterocycles. The topological polar surface area (TPSA) is 61.6 Å². The van der Waals surface area contributed by atoms with Crippen molar-refractivity contribution in [1.82, 2.24) is 14.8 Å². The Labute approximate surface area is 201 Å². The molecule has 2 heterocycles. The molecule has 7 nitrogen and oxygen atoms in total. The maximum atomic E-state index is 14.2. The van der Waals surface area contributed by atoms with Crippen LogP contribution in [0, 0.1) is 5.82 Å². The van der Waals surface area contributed by atoms with Crippen LogP contribution >= 0.6 is 15.9 Å². The summed E-state index contributed by atoms with van der Waals surface area (Å²) in [5, 5.41) is 8.99. The van der Waals surface area contributed by atoms with Crippen LogP contribution in [0.1, 0.15) is 35.9 Å². The number of hydrogen-bond donors (Lipinski definition) is 0. The lowest BCUT2D eigenvalue weighted by Crippen LogP contribution is -2.23. The standard InChI is InChI=1S/C24H28BrFN4O3/c1-29(15-17-14-18(31-2)7-8-19(17)25)24-28-27-23(22-5-4-12-33-22)30(24)11-10-16-6-9-21(32-3)20(26)13-16/h6-9,13-14,22H,4-5,10-12,15H2,1-3H3/t22-/m1/s1. The predicted molar refractivity (Wildman–Crippen MR) is 127 cm³/mol. The molecule has 9 heteroatoms. The molecule has 0 N–H and O–H groups in total. The van der Waals surface area contributed by atoms with Gasteiger partial charge in [0.25, 0.3) is 0 Å². The third-order valence-corrected chi connectivity index (χ3v) is 6.59. The van der Waals surface area contributed by atoms with Crippen LogP contribution in [0.15, 0.2) is 40.9 Å². The molecule has 0 radical (unpaired) electrons. The zero-order valence-corrected chi connectivity index (χ0v) is 20.6. The van der Waals surface area contributed by atoms with E-state index >= 15 is 0 Å². The minimum atomic E-state index is -0.363. The van der Waals surface area contributed by atoms with Gasteiger partial charge in [0.05, 0.1) is 14.2 Å². The van der Waals surface area contributed by atoms with Crippen molar-refractivity contribution in [2.75, 3.05) is 32.8 Å². The molecule has 2 aromatic carbocycles. The van der Waals surface area contributed by atoms with Gasteiger partial charge in [-0.05, 0) is 60.7 Å². The van der Waals surface area contributed by atoms with E-state index < -0.39 is 0 Å². The third kappa shape index (κ3) is 5.30. The molecule has 0 aliphatic carbocycles. The summed E-state index contributed by atoms with van der Waals surface area (Å²) in [7, 11) is 5.11. The highest BCUT2D eigenvalue weighted by Gasteiger charge is 2.26. The SMILES string of the molecule is COc1ccc(Br)c(CN(C)c2nnc([C@H]3CCCO3)n2CCc2ccc(OC)c(F)c2)c1. The van der Waals surface area contributed by atoms with Gasteiger partial charge in [0, 0.05) is 31.2 Å². The van der Waals surface area contributed by atoms with E-state index in [1.807, 2.05) is 31.3 Å². The third-order valence-electron chi connectivity index (χ3n) is 5.82. The second kappa shape index (κ2) is 10.5. The van der Waals surface area contributed by atoms with Crippen LogP contribution in [0.25, 0.3) is 0 Å². The number of aryl methyl sites for hydroxylation is 1. The van der Waals surface area contributed by atoms with Gasteiger partial charge in [0.1, 0.15) is 11.9 Å².